The van der Waals surface area contributed by atoms with Gasteiger partial charge in [0.2, 0.25) is 65.0 Å². The summed E-state index contributed by atoms with van der Waals surface area (Å²) in [5.41, 5.74) is 55.9. The van der Waals surface area contributed by atoms with E-state index < -0.39 is 167 Å². The number of rotatable bonds is 63. The van der Waals surface area contributed by atoms with Crippen molar-refractivity contribution in [2.75, 3.05) is 72.0 Å². The normalized spacial score (nSPS) is 14.8. The molecule has 734 valence electrons. The Kier molecular flexibility index (Phi) is 49.9. The number of aromatic nitrogens is 2. The molecule has 1 aromatic carbocycles. The fourth-order valence-electron chi connectivity index (χ4n) is 13.8. The third kappa shape index (κ3) is 44.1. The number of carbonyl (C=O) groups excluding carboxylic acids is 11. The van der Waals surface area contributed by atoms with Gasteiger partial charge in [-0.25, -0.2) is 4.98 Å². The number of halogens is 1. The van der Waals surface area contributed by atoms with E-state index in [9.17, 15) is 48.3 Å². The molecule has 0 radical (unpaired) electrons. The van der Waals surface area contributed by atoms with Gasteiger partial charge in [0.25, 0.3) is 5.56 Å². The number of guanidine groups is 9. The van der Waals surface area contributed by atoms with Crippen molar-refractivity contribution in [3.8, 4) is 0 Å². The van der Waals surface area contributed by atoms with Gasteiger partial charge in [0.1, 0.15) is 64.9 Å². The quantitative estimate of drug-likeness (QED) is 0.0142. The molecule has 2 aromatic heterocycles. The maximum atomic E-state index is 15.1. The molecule has 4 rings (SSSR count). The Labute approximate surface area is 773 Å². The number of aliphatic hydroxyl groups is 1. The maximum absolute atomic E-state index is 15.1. The van der Waals surface area contributed by atoms with Crippen molar-refractivity contribution in [1.82, 2.24) is 116 Å². The third-order valence-electron chi connectivity index (χ3n) is 20.4. The summed E-state index contributed by atoms with van der Waals surface area (Å²) >= 11 is 4.80. The number of nitrogens with zero attached hydrogens (tertiary/aromatic N) is 2. The average Bonchev–Trinajstić information content (AvgIpc) is 1.61. The molecule has 1 fully saturated rings. The number of β-amino-alcohol motifs (C(OH)–C–C–N with tert-alkyl or cyclic N) is 1. The zero-order valence-corrected chi connectivity index (χ0v) is 76.0. The lowest BCUT2D eigenvalue weighted by Crippen LogP contribution is -2.60. The van der Waals surface area contributed by atoms with Crippen LogP contribution in [0.1, 0.15) is 154 Å². The first-order chi connectivity index (χ1) is 62.6. The first-order valence-electron chi connectivity index (χ1n) is 43.1. The molecule has 3 heterocycles. The Bertz CT molecular complexity index is 4520. The van der Waals surface area contributed by atoms with Crippen molar-refractivity contribution < 1.29 is 57.8 Å². The smallest absolute Gasteiger partial charge is 0.268 e. The van der Waals surface area contributed by atoms with Crippen LogP contribution in [0.4, 0.5) is 0 Å². The van der Waals surface area contributed by atoms with Crippen LogP contribution < -0.4 is 164 Å². The zero-order chi connectivity index (χ0) is 97.9. The molecule has 50 N–H and O–H groups in total. The van der Waals surface area contributed by atoms with Crippen molar-refractivity contribution in [3.05, 3.63) is 38.9 Å². The molecule has 0 spiro atoms. The van der Waals surface area contributed by atoms with E-state index in [0.717, 1.165) is 14.6 Å². The summed E-state index contributed by atoms with van der Waals surface area (Å²) < 4.78 is 2.14. The molecule has 132 heavy (non-hydrogen) atoms. The number of amides is 11. The Hall–Kier alpha value is -13.7. The zero-order valence-electron chi connectivity index (χ0n) is 73.6. The molecule has 11 amide bonds. The van der Waals surface area contributed by atoms with Crippen LogP contribution in [-0.2, 0) is 59.3 Å². The van der Waals surface area contributed by atoms with Gasteiger partial charge in [0, 0.05) is 93.0 Å². The lowest BCUT2D eigenvalue weighted by Gasteiger charge is -2.29. The van der Waals surface area contributed by atoms with E-state index in [-0.39, 0.29) is 237 Å². The van der Waals surface area contributed by atoms with E-state index in [1.165, 1.54) is 11.3 Å². The summed E-state index contributed by atoms with van der Waals surface area (Å²) in [6.45, 7) is 0.452. The summed E-state index contributed by atoms with van der Waals surface area (Å²) in [6, 6.07) is -8.71. The molecule has 3 unspecified atom stereocenters. The minimum atomic E-state index is -1.63. The molecular weight excluding hydrogens is 1810 g/mol. The van der Waals surface area contributed by atoms with Crippen molar-refractivity contribution in [3.63, 3.8) is 0 Å². The number of hydrogen-bond donors (Lipinski definition) is 40. The van der Waals surface area contributed by atoms with Gasteiger partial charge < -0.3 is 168 Å². The van der Waals surface area contributed by atoms with Crippen LogP contribution in [0.25, 0.3) is 20.3 Å². The summed E-state index contributed by atoms with van der Waals surface area (Å²) in [7, 11) is 0. The van der Waals surface area contributed by atoms with Crippen molar-refractivity contribution >= 4 is 166 Å². The van der Waals surface area contributed by atoms with Crippen LogP contribution in [0.2, 0.25) is 0 Å². The number of likely N-dealkylation sites (tertiary alicyclic amines) is 1. The molecule has 3 aromatic rings. The Morgan fingerprint density at radius 3 is 0.977 bits per heavy atom. The lowest BCUT2D eigenvalue weighted by molar-refractivity contribution is -0.136. The predicted molar refractivity (Wildman–Crippen MR) is 501 cm³/mol. The van der Waals surface area contributed by atoms with E-state index in [1.54, 1.807) is 4.90 Å². The monoisotopic (exact) mass is 1940 g/mol. The van der Waals surface area contributed by atoms with Gasteiger partial charge in [0.05, 0.1) is 24.2 Å². The Balaban J connectivity index is 1.64. The summed E-state index contributed by atoms with van der Waals surface area (Å²) in [5.74, 6) is -13.1. The molecule has 0 saturated carbocycles. The Morgan fingerprint density at radius 1 is 0.402 bits per heavy atom. The first kappa shape index (κ1) is 111. The standard InChI is InChI=1S/C76H134BrN41O13S/c77-39-23-24-52-41(35-39)55-56(132-52)67(131)117-53(116-55)38-118-37-40(119)36-51(118)66(130)97-25-3-1-2-22-54(120)107-43(14-5-27-99-69(81)82)58(122)109-45(16-7-29-101-71(85)86)60(124)111-47(18-9-31-103-73(89)90)62(126)113-49(20-11-33-105-75(93)94)64(128)115-50(21-12-34-106-76(95)96)65(129)114-48(19-10-32-104-74(91)92)63(127)112-46(17-8-30-102-72(87)88)61(125)110-44(15-6-28-100-70(83)84)59(123)108-42(57(78)121)13-4-26-98-68(79)80/h23-24,35,40,42-51,119H,1-22,25-34,36-38H2,(H2,78,121)(H,97,130)(H,107,120)(H,108,123)(H,109,122)(H,110,125)(H,111,124)(H,112,127)(H,113,126)(H,114,129)(H,115,128)(H4,79,80,98)(H4,81,82,99)(H4,83,84,100)(H4,85,86,101)(H4,87,88,102)(H4,89,90,103)(H4,91,92,104)(H4,93,94,105)(H4,95,96,106)(H,116,117,131)/t40-,42?,43+,44+,45+,46+,47?,48+,49+,50?,51+/m0/s1. The number of benzene rings is 1. The van der Waals surface area contributed by atoms with Crippen LogP contribution in [0, 0.1) is 48.7 Å². The number of carbonyl (C=O) groups is 11. The molecule has 1 saturated heterocycles. The fourth-order valence-corrected chi connectivity index (χ4v) is 15.2. The van der Waals surface area contributed by atoms with Crippen LogP contribution in [0.3, 0.4) is 0 Å². The Morgan fingerprint density at radius 2 is 0.682 bits per heavy atom. The van der Waals surface area contributed by atoms with E-state index >= 15 is 14.4 Å². The number of thiophene rings is 1. The van der Waals surface area contributed by atoms with Gasteiger partial charge in [-0.1, -0.05) is 22.4 Å². The second-order valence-electron chi connectivity index (χ2n) is 31.2. The largest absolute Gasteiger partial charge is 0.392 e. The minimum Gasteiger partial charge on any atom is -0.392 e. The number of primary amides is 1. The van der Waals surface area contributed by atoms with Gasteiger partial charge in [-0.3, -0.25) is 111 Å². The topological polar surface area (TPSA) is 960 Å². The molecule has 1 aliphatic heterocycles. The minimum absolute atomic E-state index is 0.000744. The summed E-state index contributed by atoms with van der Waals surface area (Å²) in [6.07, 6.45) is -0.874. The van der Waals surface area contributed by atoms with Crippen LogP contribution >= 0.6 is 27.3 Å². The highest BCUT2D eigenvalue weighted by Crippen LogP contribution is 2.33. The molecule has 0 aliphatic carbocycles. The molecule has 0 bridgehead atoms. The SMILES string of the molecule is N=C(N)NCCCC(NC(=O)[C@@H](CCCNC(=N)N)NC(=O)[C@@H](CCCNC(=N)N)NC(=O)[C@@H](CCCNC(=N)N)NC(=O)C(CCCNC(=N)N)NC(=O)[C@@H](CCCNC(=N)N)NC(=O)C(CCCNC(=N)N)NC(=O)[C@@H](CCCNC(=N)N)NC(=O)[C@@H](CCCNC(=N)N)NC(=O)CCCCCNC(=O)[C@H]1C[C@H](O)CN1Cc1nc2c(sc3ccc(Br)cc32)c(=O)[nH]1)C(N)=O. The van der Waals surface area contributed by atoms with Crippen LogP contribution in [0.15, 0.2) is 27.5 Å². The lowest BCUT2D eigenvalue weighted by atomic mass is 10.0. The van der Waals surface area contributed by atoms with Crippen molar-refractivity contribution in [2.45, 2.75) is 221 Å². The highest BCUT2D eigenvalue weighted by atomic mass is 79.9. The number of unbranched alkanes of at least 4 members (excludes halogenated alkanes) is 2. The number of nitrogens with one attached hydrogen (secondary N) is 29. The summed E-state index contributed by atoms with van der Waals surface area (Å²) in [4.78, 5) is 181. The van der Waals surface area contributed by atoms with Gasteiger partial charge in [-0.05, 0) is 153 Å². The van der Waals surface area contributed by atoms with Crippen molar-refractivity contribution in [2.24, 2.45) is 57.3 Å². The molecule has 54 nitrogen and oxygen atoms in total. The molecule has 1 aliphatic rings. The van der Waals surface area contributed by atoms with Crippen molar-refractivity contribution in [1.29, 1.82) is 48.7 Å². The van der Waals surface area contributed by atoms with Gasteiger partial charge in [-0.2, -0.15) is 0 Å². The highest BCUT2D eigenvalue weighted by Gasteiger charge is 2.39. The second-order valence-corrected chi connectivity index (χ2v) is 33.2. The maximum Gasteiger partial charge on any atom is 0.268 e. The number of H-pyrrole nitrogens is 1. The van der Waals surface area contributed by atoms with Gasteiger partial charge in [0.15, 0.2) is 53.6 Å². The second kappa shape index (κ2) is 59.5. The van der Waals surface area contributed by atoms with Gasteiger partial charge >= 0.3 is 0 Å². The van der Waals surface area contributed by atoms with E-state index in [4.69, 9.17) is 111 Å². The highest BCUT2D eigenvalue weighted by molar-refractivity contribution is 9.10. The van der Waals surface area contributed by atoms with E-state index in [2.05, 4.69) is 122 Å². The van der Waals surface area contributed by atoms with E-state index in [0.29, 0.717) is 28.9 Å². The number of hydrogen-bond acceptors (Lipinski definition) is 25. The van der Waals surface area contributed by atoms with Crippen LogP contribution in [0.5, 0.6) is 0 Å². The number of fused-ring (bicyclic) bond motifs is 3. The average molecular weight is 1940 g/mol. The van der Waals surface area contributed by atoms with E-state index in [1.807, 2.05) is 18.2 Å². The van der Waals surface area contributed by atoms with Gasteiger partial charge in [-0.15, -0.1) is 11.3 Å². The first-order valence-corrected chi connectivity index (χ1v) is 44.8. The summed E-state index contributed by atoms with van der Waals surface area (Å²) in [5, 5.41) is 131. The number of nitrogens with two attached hydrogens (primary N) is 10. The third-order valence-corrected chi connectivity index (χ3v) is 22.0. The number of aromatic amines is 1. The predicted octanol–water partition coefficient (Wildman–Crippen LogP) is -9.27. The molecule has 56 heteroatoms. The molecule has 11 atom stereocenters. The number of aliphatic hydroxyl groups excluding tert-OH is 1. The fraction of sp³-hybridized carbons (Fsp3) is 0.605. The molecular formula is C76H134BrN41O13S. The van der Waals surface area contributed by atoms with Crippen LogP contribution in [-0.4, -0.2) is 277 Å².